The molecule has 6 nitrogen and oxygen atoms in total. The van der Waals surface area contributed by atoms with Crippen LogP contribution in [-0.2, 0) is 9.47 Å². The largest absolute Gasteiger partial charge is 0.506 e. The third-order valence-corrected chi connectivity index (χ3v) is 1.59. The lowest BCUT2D eigenvalue weighted by atomic mass is 9.92. The van der Waals surface area contributed by atoms with Crippen LogP contribution in [0.2, 0.25) is 0 Å². The molecule has 1 aliphatic carbocycles. The summed E-state index contributed by atoms with van der Waals surface area (Å²) in [6, 6.07) is 0. The molecule has 0 bridgehead atoms. The minimum atomic E-state index is -1.34. The summed E-state index contributed by atoms with van der Waals surface area (Å²) >= 11 is 0. The Balaban J connectivity index is 2.11. The van der Waals surface area contributed by atoms with E-state index in [0.29, 0.717) is 12.8 Å². The van der Waals surface area contributed by atoms with Gasteiger partial charge in [-0.05, 0) is 0 Å². The highest BCUT2D eigenvalue weighted by molar-refractivity contribution is 5.58. The van der Waals surface area contributed by atoms with Gasteiger partial charge in [0.1, 0.15) is 12.2 Å². The fourth-order valence-electron chi connectivity index (χ4n) is 0.995. The topological polar surface area (TPSA) is 93.1 Å². The zero-order chi connectivity index (χ0) is 9.14. The summed E-state index contributed by atoms with van der Waals surface area (Å²) in [6.45, 7) is 0. The van der Waals surface area contributed by atoms with E-state index in [9.17, 15) is 9.59 Å². The van der Waals surface area contributed by atoms with E-state index < -0.39 is 24.5 Å². The second-order valence-corrected chi connectivity index (χ2v) is 2.48. The molecule has 0 aromatic rings. The van der Waals surface area contributed by atoms with Crippen molar-refractivity contribution in [3.05, 3.63) is 0 Å². The molecule has 0 amide bonds. The molecule has 0 unspecified atom stereocenters. The highest BCUT2D eigenvalue weighted by Crippen LogP contribution is 2.26. The van der Waals surface area contributed by atoms with E-state index in [2.05, 4.69) is 9.47 Å². The molecule has 1 saturated carbocycles. The number of hydrogen-bond donors (Lipinski definition) is 2. The lowest BCUT2D eigenvalue weighted by Gasteiger charge is -2.31. The Hall–Kier alpha value is -1.46. The first-order chi connectivity index (χ1) is 5.58. The molecule has 68 valence electrons. The van der Waals surface area contributed by atoms with E-state index in [-0.39, 0.29) is 0 Å². The van der Waals surface area contributed by atoms with Gasteiger partial charge in [-0.2, -0.15) is 0 Å². The van der Waals surface area contributed by atoms with Crippen molar-refractivity contribution >= 4 is 12.3 Å². The summed E-state index contributed by atoms with van der Waals surface area (Å²) < 4.78 is 8.68. The second kappa shape index (κ2) is 3.29. The molecule has 1 fully saturated rings. The minimum absolute atomic E-state index is 0.318. The molecule has 12 heavy (non-hydrogen) atoms. The summed E-state index contributed by atoms with van der Waals surface area (Å²) in [5.41, 5.74) is 0. The van der Waals surface area contributed by atoms with Gasteiger partial charge in [-0.15, -0.1) is 0 Å². The van der Waals surface area contributed by atoms with Crippen LogP contribution in [0, 0.1) is 0 Å². The predicted molar refractivity (Wildman–Crippen MR) is 35.0 cm³/mol. The maximum atomic E-state index is 9.95. The van der Waals surface area contributed by atoms with Crippen LogP contribution >= 0.6 is 0 Å². The number of rotatable bonds is 2. The molecule has 0 spiro atoms. The van der Waals surface area contributed by atoms with Crippen LogP contribution in [0.15, 0.2) is 0 Å². The van der Waals surface area contributed by atoms with Crippen LogP contribution in [-0.4, -0.2) is 34.7 Å². The van der Waals surface area contributed by atoms with Gasteiger partial charge in [-0.25, -0.2) is 9.59 Å². The Morgan fingerprint density at radius 1 is 1.00 bits per heavy atom. The fraction of sp³-hybridized carbons (Fsp3) is 0.667. The highest BCUT2D eigenvalue weighted by Gasteiger charge is 2.35. The molecular formula is C6H8O6. The Kier molecular flexibility index (Phi) is 2.37. The molecule has 2 N–H and O–H groups in total. The summed E-state index contributed by atoms with van der Waals surface area (Å²) in [4.78, 5) is 19.9. The van der Waals surface area contributed by atoms with Gasteiger partial charge in [0, 0.05) is 12.8 Å². The molecule has 1 aliphatic rings. The normalized spacial score (nSPS) is 27.0. The molecule has 0 aromatic carbocycles. The minimum Gasteiger partial charge on any atom is -0.450 e. The Bertz CT molecular complexity index is 174. The zero-order valence-corrected chi connectivity index (χ0v) is 6.10. The molecule has 0 atom stereocenters. The van der Waals surface area contributed by atoms with Gasteiger partial charge in [0.05, 0.1) is 0 Å². The molecule has 0 heterocycles. The highest BCUT2D eigenvalue weighted by atomic mass is 16.7. The molecule has 0 aromatic heterocycles. The van der Waals surface area contributed by atoms with Crippen molar-refractivity contribution < 1.29 is 29.3 Å². The van der Waals surface area contributed by atoms with Gasteiger partial charge in [0.25, 0.3) is 0 Å². The van der Waals surface area contributed by atoms with Gasteiger partial charge in [-0.1, -0.05) is 0 Å². The predicted octanol–water partition coefficient (Wildman–Crippen LogP) is 0.907. The van der Waals surface area contributed by atoms with E-state index in [4.69, 9.17) is 10.2 Å². The van der Waals surface area contributed by atoms with Gasteiger partial charge < -0.3 is 19.7 Å². The Morgan fingerprint density at radius 3 is 1.58 bits per heavy atom. The SMILES string of the molecule is O=C(O)OC1CC(OC(=O)O)C1. The van der Waals surface area contributed by atoms with E-state index in [1.807, 2.05) is 0 Å². The van der Waals surface area contributed by atoms with E-state index in [1.165, 1.54) is 0 Å². The van der Waals surface area contributed by atoms with Crippen LogP contribution in [0.1, 0.15) is 12.8 Å². The molecule has 6 heteroatoms. The Labute approximate surface area is 67.7 Å². The van der Waals surface area contributed by atoms with Crippen molar-refractivity contribution in [2.45, 2.75) is 25.0 Å². The molecule has 1 rings (SSSR count). The van der Waals surface area contributed by atoms with Gasteiger partial charge in [0.15, 0.2) is 0 Å². The molecule has 0 aliphatic heterocycles. The number of carboxylic acid groups (broad SMARTS) is 2. The standard InChI is InChI=1S/C6H8O6/c7-5(8)11-3-1-4(2-3)12-6(9)10/h3-4H,1-2H2,(H,7,8)(H,9,10). The van der Waals surface area contributed by atoms with Crippen LogP contribution in [0.25, 0.3) is 0 Å². The van der Waals surface area contributed by atoms with Crippen LogP contribution in [0.5, 0.6) is 0 Å². The van der Waals surface area contributed by atoms with Crippen LogP contribution in [0.3, 0.4) is 0 Å². The first-order valence-electron chi connectivity index (χ1n) is 3.37. The van der Waals surface area contributed by atoms with Gasteiger partial charge >= 0.3 is 12.3 Å². The van der Waals surface area contributed by atoms with E-state index in [0.717, 1.165) is 0 Å². The first-order valence-corrected chi connectivity index (χ1v) is 3.37. The van der Waals surface area contributed by atoms with E-state index >= 15 is 0 Å². The summed E-state index contributed by atoms with van der Waals surface area (Å²) in [5.74, 6) is 0. The van der Waals surface area contributed by atoms with Crippen molar-refractivity contribution in [3.8, 4) is 0 Å². The number of carbonyl (C=O) groups is 2. The fourth-order valence-corrected chi connectivity index (χ4v) is 0.995. The quantitative estimate of drug-likeness (QED) is 0.607. The van der Waals surface area contributed by atoms with Crippen molar-refractivity contribution in [2.24, 2.45) is 0 Å². The number of ether oxygens (including phenoxy) is 2. The average molecular weight is 176 g/mol. The number of hydrogen-bond acceptors (Lipinski definition) is 4. The Morgan fingerprint density at radius 2 is 1.33 bits per heavy atom. The van der Waals surface area contributed by atoms with Crippen molar-refractivity contribution in [1.29, 1.82) is 0 Å². The molecular weight excluding hydrogens is 168 g/mol. The maximum absolute atomic E-state index is 9.95. The van der Waals surface area contributed by atoms with Crippen molar-refractivity contribution in [1.82, 2.24) is 0 Å². The van der Waals surface area contributed by atoms with Crippen molar-refractivity contribution in [3.63, 3.8) is 0 Å². The van der Waals surface area contributed by atoms with Crippen LogP contribution < -0.4 is 0 Å². The summed E-state index contributed by atoms with van der Waals surface area (Å²) in [5, 5.41) is 16.3. The summed E-state index contributed by atoms with van der Waals surface area (Å²) in [6.07, 6.45) is -2.86. The van der Waals surface area contributed by atoms with E-state index in [1.54, 1.807) is 0 Å². The second-order valence-electron chi connectivity index (χ2n) is 2.48. The lowest BCUT2D eigenvalue weighted by molar-refractivity contribution is -0.0660. The first kappa shape index (κ1) is 8.63. The maximum Gasteiger partial charge on any atom is 0.506 e. The van der Waals surface area contributed by atoms with Crippen molar-refractivity contribution in [2.75, 3.05) is 0 Å². The summed E-state index contributed by atoms with van der Waals surface area (Å²) in [7, 11) is 0. The zero-order valence-electron chi connectivity index (χ0n) is 6.10. The third kappa shape index (κ3) is 2.30. The average Bonchev–Trinajstić information content (AvgIpc) is 1.80. The monoisotopic (exact) mass is 176 g/mol. The third-order valence-electron chi connectivity index (χ3n) is 1.59. The molecule has 0 saturated heterocycles. The lowest BCUT2D eigenvalue weighted by Crippen LogP contribution is -2.39. The molecule has 0 radical (unpaired) electrons. The van der Waals surface area contributed by atoms with Crippen LogP contribution in [0.4, 0.5) is 9.59 Å². The van der Waals surface area contributed by atoms with Gasteiger partial charge in [0.2, 0.25) is 0 Å². The van der Waals surface area contributed by atoms with Gasteiger partial charge in [-0.3, -0.25) is 0 Å². The smallest absolute Gasteiger partial charge is 0.450 e.